The molecule has 1 atom stereocenters. The normalized spacial score (nSPS) is 12.7. The van der Waals surface area contributed by atoms with Gasteiger partial charge in [0.05, 0.1) is 0 Å². The summed E-state index contributed by atoms with van der Waals surface area (Å²) in [6.07, 6.45) is 3.36. The van der Waals surface area contributed by atoms with Gasteiger partial charge in [-0.25, -0.2) is 0 Å². The standard InChI is InChI=1S/C15H25N3S/c1-11-9-13(15(16)17)5-6-14(11)10-18(3)12(2)7-8-19-4/h5-6,9,12H,7-8,10H2,1-4H3,(H3,16,17). The van der Waals surface area contributed by atoms with E-state index in [1.54, 1.807) is 0 Å². The number of rotatable bonds is 7. The topological polar surface area (TPSA) is 53.1 Å². The molecule has 1 unspecified atom stereocenters. The van der Waals surface area contributed by atoms with Crippen LogP contribution in [0.1, 0.15) is 30.0 Å². The van der Waals surface area contributed by atoms with Crippen molar-refractivity contribution in [3.05, 3.63) is 34.9 Å². The number of benzene rings is 1. The molecule has 0 aliphatic carbocycles. The van der Waals surface area contributed by atoms with E-state index in [1.807, 2.05) is 23.9 Å². The van der Waals surface area contributed by atoms with Crippen molar-refractivity contribution in [2.75, 3.05) is 19.1 Å². The van der Waals surface area contributed by atoms with E-state index in [0.29, 0.717) is 6.04 Å². The number of nitrogens with zero attached hydrogens (tertiary/aromatic N) is 1. The highest BCUT2D eigenvalue weighted by Crippen LogP contribution is 2.15. The van der Waals surface area contributed by atoms with Gasteiger partial charge in [0, 0.05) is 18.2 Å². The fourth-order valence-electron chi connectivity index (χ4n) is 1.97. The third-order valence-corrected chi connectivity index (χ3v) is 4.21. The lowest BCUT2D eigenvalue weighted by atomic mass is 10.0. The van der Waals surface area contributed by atoms with E-state index >= 15 is 0 Å². The Balaban J connectivity index is 2.69. The second kappa shape index (κ2) is 7.56. The van der Waals surface area contributed by atoms with Crippen molar-refractivity contribution in [1.29, 1.82) is 5.41 Å². The fourth-order valence-corrected chi connectivity index (χ4v) is 2.55. The maximum Gasteiger partial charge on any atom is 0.122 e. The average molecular weight is 279 g/mol. The molecule has 0 saturated heterocycles. The zero-order valence-electron chi connectivity index (χ0n) is 12.4. The second-order valence-electron chi connectivity index (χ2n) is 5.10. The molecule has 0 aromatic heterocycles. The zero-order chi connectivity index (χ0) is 14.4. The van der Waals surface area contributed by atoms with Gasteiger partial charge in [-0.05, 0) is 56.5 Å². The Morgan fingerprint density at radius 1 is 1.47 bits per heavy atom. The largest absolute Gasteiger partial charge is 0.384 e. The number of amidine groups is 1. The van der Waals surface area contributed by atoms with Gasteiger partial charge in [0.2, 0.25) is 0 Å². The van der Waals surface area contributed by atoms with Crippen molar-refractivity contribution in [3.63, 3.8) is 0 Å². The lowest BCUT2D eigenvalue weighted by Crippen LogP contribution is -2.29. The molecule has 1 rings (SSSR count). The van der Waals surface area contributed by atoms with E-state index in [9.17, 15) is 0 Å². The Morgan fingerprint density at radius 2 is 2.16 bits per heavy atom. The molecule has 1 aromatic carbocycles. The maximum absolute atomic E-state index is 7.45. The van der Waals surface area contributed by atoms with Gasteiger partial charge >= 0.3 is 0 Å². The van der Waals surface area contributed by atoms with E-state index in [0.717, 1.165) is 12.1 Å². The van der Waals surface area contributed by atoms with Crippen LogP contribution < -0.4 is 5.73 Å². The van der Waals surface area contributed by atoms with Crippen molar-refractivity contribution in [1.82, 2.24) is 4.90 Å². The smallest absolute Gasteiger partial charge is 0.122 e. The van der Waals surface area contributed by atoms with Gasteiger partial charge in [-0.3, -0.25) is 10.3 Å². The van der Waals surface area contributed by atoms with E-state index < -0.39 is 0 Å². The van der Waals surface area contributed by atoms with E-state index in [2.05, 4.69) is 38.1 Å². The molecule has 0 fully saturated rings. The quantitative estimate of drug-likeness (QED) is 0.596. The van der Waals surface area contributed by atoms with Gasteiger partial charge in [-0.1, -0.05) is 12.1 Å². The van der Waals surface area contributed by atoms with Crippen molar-refractivity contribution in [2.45, 2.75) is 32.9 Å². The summed E-state index contributed by atoms with van der Waals surface area (Å²) in [5.41, 5.74) is 8.83. The monoisotopic (exact) mass is 279 g/mol. The van der Waals surface area contributed by atoms with Gasteiger partial charge in [0.1, 0.15) is 5.84 Å². The van der Waals surface area contributed by atoms with Crippen molar-refractivity contribution >= 4 is 17.6 Å². The predicted octanol–water partition coefficient (Wildman–Crippen LogP) is 2.85. The molecule has 19 heavy (non-hydrogen) atoms. The van der Waals surface area contributed by atoms with E-state index in [-0.39, 0.29) is 5.84 Å². The predicted molar refractivity (Wildman–Crippen MR) is 86.1 cm³/mol. The Bertz CT molecular complexity index is 431. The highest BCUT2D eigenvalue weighted by molar-refractivity contribution is 7.98. The Kier molecular flexibility index (Phi) is 6.38. The summed E-state index contributed by atoms with van der Waals surface area (Å²) >= 11 is 1.90. The third-order valence-electron chi connectivity index (χ3n) is 3.57. The van der Waals surface area contributed by atoms with Crippen molar-refractivity contribution in [2.24, 2.45) is 5.73 Å². The third kappa shape index (κ3) is 4.88. The molecule has 0 heterocycles. The van der Waals surface area contributed by atoms with Crippen LogP contribution in [0.4, 0.5) is 0 Å². The molecule has 0 saturated carbocycles. The highest BCUT2D eigenvalue weighted by atomic mass is 32.2. The van der Waals surface area contributed by atoms with Crippen molar-refractivity contribution in [3.8, 4) is 0 Å². The summed E-state index contributed by atoms with van der Waals surface area (Å²) in [7, 11) is 2.17. The van der Waals surface area contributed by atoms with Gasteiger partial charge in [0.15, 0.2) is 0 Å². The molecule has 0 bridgehead atoms. The first-order chi connectivity index (χ1) is 8.95. The summed E-state index contributed by atoms with van der Waals surface area (Å²) in [6, 6.07) is 6.60. The first-order valence-corrected chi connectivity index (χ1v) is 7.98. The van der Waals surface area contributed by atoms with E-state index in [4.69, 9.17) is 11.1 Å². The Morgan fingerprint density at radius 3 is 2.68 bits per heavy atom. The number of aryl methyl sites for hydroxylation is 1. The molecule has 0 amide bonds. The molecule has 0 aliphatic rings. The van der Waals surface area contributed by atoms with Crippen molar-refractivity contribution < 1.29 is 0 Å². The van der Waals surface area contributed by atoms with Crippen LogP contribution in [0.2, 0.25) is 0 Å². The molecule has 1 aromatic rings. The average Bonchev–Trinajstić information content (AvgIpc) is 2.37. The molecule has 0 radical (unpaired) electrons. The van der Waals surface area contributed by atoms with Crippen LogP contribution in [0, 0.1) is 12.3 Å². The molecule has 106 valence electrons. The molecular formula is C15H25N3S. The molecular weight excluding hydrogens is 254 g/mol. The number of hydrogen-bond acceptors (Lipinski definition) is 3. The molecule has 4 heteroatoms. The van der Waals surface area contributed by atoms with E-state index in [1.165, 1.54) is 23.3 Å². The molecule has 0 spiro atoms. The maximum atomic E-state index is 7.45. The number of hydrogen-bond donors (Lipinski definition) is 2. The first-order valence-electron chi connectivity index (χ1n) is 6.58. The zero-order valence-corrected chi connectivity index (χ0v) is 13.2. The second-order valence-corrected chi connectivity index (χ2v) is 6.09. The SMILES string of the molecule is CSCCC(C)N(C)Cc1ccc(C(=N)N)cc1C. The Labute approximate surface area is 121 Å². The van der Waals surface area contributed by atoms with Crippen LogP contribution >= 0.6 is 11.8 Å². The van der Waals surface area contributed by atoms with Crippen LogP contribution in [-0.4, -0.2) is 35.8 Å². The molecule has 3 nitrogen and oxygen atoms in total. The van der Waals surface area contributed by atoms with Crippen LogP contribution in [0.25, 0.3) is 0 Å². The minimum atomic E-state index is 0.136. The fraction of sp³-hybridized carbons (Fsp3) is 0.533. The lowest BCUT2D eigenvalue weighted by molar-refractivity contribution is 0.244. The van der Waals surface area contributed by atoms with Gasteiger partial charge < -0.3 is 5.73 Å². The van der Waals surface area contributed by atoms with Gasteiger partial charge in [0.25, 0.3) is 0 Å². The summed E-state index contributed by atoms with van der Waals surface area (Å²) in [5.74, 6) is 1.34. The minimum Gasteiger partial charge on any atom is -0.384 e. The lowest BCUT2D eigenvalue weighted by Gasteiger charge is -2.25. The molecule has 0 aliphatic heterocycles. The number of nitrogen functional groups attached to an aromatic ring is 1. The first kappa shape index (κ1) is 16.1. The Hall–Kier alpha value is -1.00. The van der Waals surface area contributed by atoms with Crippen LogP contribution in [0.15, 0.2) is 18.2 Å². The summed E-state index contributed by atoms with van der Waals surface area (Å²) < 4.78 is 0. The van der Waals surface area contributed by atoms with Crippen LogP contribution in [0.3, 0.4) is 0 Å². The molecule has 3 N–H and O–H groups in total. The van der Waals surface area contributed by atoms with Gasteiger partial charge in [-0.15, -0.1) is 0 Å². The van der Waals surface area contributed by atoms with Crippen LogP contribution in [-0.2, 0) is 6.54 Å². The van der Waals surface area contributed by atoms with Crippen LogP contribution in [0.5, 0.6) is 0 Å². The van der Waals surface area contributed by atoms with Gasteiger partial charge in [-0.2, -0.15) is 11.8 Å². The minimum absolute atomic E-state index is 0.136. The summed E-state index contributed by atoms with van der Waals surface area (Å²) in [6.45, 7) is 5.30. The summed E-state index contributed by atoms with van der Waals surface area (Å²) in [4.78, 5) is 2.38. The number of nitrogens with one attached hydrogen (secondary N) is 1. The number of thioether (sulfide) groups is 1. The highest BCUT2D eigenvalue weighted by Gasteiger charge is 2.11. The summed E-state index contributed by atoms with van der Waals surface area (Å²) in [5, 5.41) is 7.45. The number of nitrogens with two attached hydrogens (primary N) is 1.